The molecule has 7 rings (SSSR count). The number of alkyl halides is 1. The fraction of sp³-hybridized carbons (Fsp3) is 0.871. The molecule has 5 fully saturated rings. The molecule has 3 nitrogen and oxygen atoms in total. The van der Waals surface area contributed by atoms with Gasteiger partial charge in [-0.25, -0.2) is 4.90 Å². The first-order valence-electron chi connectivity index (χ1n) is 14.9. The molecule has 6 aliphatic carbocycles. The van der Waals surface area contributed by atoms with Gasteiger partial charge in [0.25, 0.3) is 0 Å². The molecule has 0 aromatic heterocycles. The second kappa shape index (κ2) is 8.42. The molecule has 0 aromatic rings. The number of piperidine rings is 1. The first kappa shape index (κ1) is 23.9. The Kier molecular flexibility index (Phi) is 5.75. The summed E-state index contributed by atoms with van der Waals surface area (Å²) in [6, 6.07) is 0.198. The molecule has 15 atom stereocenters. The summed E-state index contributed by atoms with van der Waals surface area (Å²) in [4.78, 5) is 2.79. The van der Waals surface area contributed by atoms with Crippen LogP contribution >= 0.6 is 15.9 Å². The van der Waals surface area contributed by atoms with E-state index in [1.165, 1.54) is 25.7 Å². The second-order valence-corrected chi connectivity index (χ2v) is 15.5. The van der Waals surface area contributed by atoms with E-state index in [0.29, 0.717) is 40.3 Å². The largest absolute Gasteiger partial charge is 0.378 e. The van der Waals surface area contributed by atoms with Gasteiger partial charge in [-0.15, -0.1) is 0 Å². The fourth-order valence-corrected chi connectivity index (χ4v) is 13.1. The summed E-state index contributed by atoms with van der Waals surface area (Å²) in [5.41, 5.74) is 0. The molecule has 7 aliphatic rings. The van der Waals surface area contributed by atoms with Crippen molar-refractivity contribution in [2.24, 2.45) is 82.9 Å². The van der Waals surface area contributed by atoms with Gasteiger partial charge in [0.15, 0.2) is 0 Å². The number of likely N-dealkylation sites (tertiary alicyclic amines) is 1. The smallest absolute Gasteiger partial charge is 0.116 e. The van der Waals surface area contributed by atoms with Crippen molar-refractivity contribution in [2.45, 2.75) is 83.1 Å². The van der Waals surface area contributed by atoms with Gasteiger partial charge >= 0.3 is 0 Å². The first-order chi connectivity index (χ1) is 16.8. The van der Waals surface area contributed by atoms with Gasteiger partial charge in [-0.1, -0.05) is 67.9 Å². The number of allylic oxidation sites excluding steroid dienone is 3. The van der Waals surface area contributed by atoms with Gasteiger partial charge in [0.2, 0.25) is 0 Å². The summed E-state index contributed by atoms with van der Waals surface area (Å²) in [5.74, 6) is 8.52. The lowest BCUT2D eigenvalue weighted by atomic mass is 9.40. The highest BCUT2D eigenvalue weighted by Crippen LogP contribution is 2.69. The van der Waals surface area contributed by atoms with E-state index < -0.39 is 12.5 Å². The number of aliphatic hydroxyl groups excluding tert-OH is 2. The number of hydrogen-bond acceptors (Lipinski definition) is 3. The van der Waals surface area contributed by atoms with Crippen LogP contribution in [0.4, 0.5) is 0 Å². The molecule has 0 radical (unpaired) electrons. The van der Waals surface area contributed by atoms with Crippen LogP contribution in [0.25, 0.3) is 0 Å². The molecular weight excluding hydrogens is 498 g/mol. The van der Waals surface area contributed by atoms with E-state index in [1.807, 2.05) is 0 Å². The Morgan fingerprint density at radius 3 is 2.06 bits per heavy atom. The Hall–Kier alpha value is -0.160. The van der Waals surface area contributed by atoms with Gasteiger partial charge in [0.05, 0.1) is 0 Å². The maximum atomic E-state index is 11.9. The summed E-state index contributed by atoms with van der Waals surface area (Å²) in [5, 5.41) is 23.7. The molecule has 4 heteroatoms. The highest BCUT2D eigenvalue weighted by molar-refractivity contribution is 9.09. The van der Waals surface area contributed by atoms with Crippen molar-refractivity contribution in [1.82, 2.24) is 4.90 Å². The Bertz CT molecular complexity index is 892. The van der Waals surface area contributed by atoms with E-state index in [0.717, 1.165) is 41.9 Å². The highest BCUT2D eigenvalue weighted by atomic mass is 79.9. The van der Waals surface area contributed by atoms with Crippen molar-refractivity contribution in [3.8, 4) is 0 Å². The van der Waals surface area contributed by atoms with Crippen molar-refractivity contribution < 1.29 is 10.2 Å². The standard InChI is InChI=1S/C31H46BrNO2/c1-14(2)29(15(3)4)33-30(34)21-11-9-18-19-8-7-16-5-6-17-13-23(32)27(28(19)24(16)17)20-10-12-22(31(33)35)26(21)25(18)20/h7-9,11,14-31,34-35H,5-6,10,12-13H2,1-4H3/t16-,17+,18+,19-,20+,21?,22?,23?,24?,25?,26-,27-,28?,30?,31?/m1/s1. The lowest BCUT2D eigenvalue weighted by Crippen LogP contribution is -2.69. The topological polar surface area (TPSA) is 43.7 Å². The molecule has 35 heavy (non-hydrogen) atoms. The van der Waals surface area contributed by atoms with E-state index in [1.54, 1.807) is 0 Å². The Labute approximate surface area is 220 Å². The van der Waals surface area contributed by atoms with Crippen LogP contribution in [0.2, 0.25) is 0 Å². The average molecular weight is 545 g/mol. The lowest BCUT2D eigenvalue weighted by molar-refractivity contribution is -0.258. The summed E-state index contributed by atoms with van der Waals surface area (Å²) >= 11 is 4.28. The molecule has 2 N–H and O–H groups in total. The third kappa shape index (κ3) is 3.18. The SMILES string of the molecule is CC(C)C(C(C)C)N1C(O)C2C=C[C@@H]3C4[C@H]2C(CC[C@@H]4[C@@H]2C(Br)C[C@@H]4CC[C@@H]5C=C[C@H]3C2C45)C1O. The van der Waals surface area contributed by atoms with Crippen LogP contribution in [0.15, 0.2) is 24.3 Å². The fourth-order valence-electron chi connectivity index (χ4n) is 11.8. The number of halogens is 1. The van der Waals surface area contributed by atoms with E-state index >= 15 is 0 Å². The van der Waals surface area contributed by atoms with Gasteiger partial charge in [0, 0.05) is 22.7 Å². The number of hydrogen-bond donors (Lipinski definition) is 2. The predicted octanol–water partition coefficient (Wildman–Crippen LogP) is 5.92. The zero-order valence-corrected chi connectivity index (χ0v) is 23.5. The van der Waals surface area contributed by atoms with E-state index in [2.05, 4.69) is 72.8 Å². The number of nitrogens with zero attached hydrogens (tertiary/aromatic N) is 1. The number of fused-ring (bicyclic) bond motifs is 2. The van der Waals surface area contributed by atoms with Gasteiger partial charge < -0.3 is 10.2 Å². The van der Waals surface area contributed by atoms with Crippen LogP contribution in [-0.4, -0.2) is 38.4 Å². The second-order valence-electron chi connectivity index (χ2n) is 14.3. The van der Waals surface area contributed by atoms with Crippen LogP contribution in [0, 0.1) is 82.9 Å². The van der Waals surface area contributed by atoms with Crippen molar-refractivity contribution in [3.05, 3.63) is 24.3 Å². The minimum atomic E-state index is -0.577. The molecule has 0 spiro atoms. The normalized spacial score (nSPS) is 56.0. The monoisotopic (exact) mass is 543 g/mol. The average Bonchev–Trinajstić information content (AvgIpc) is 3.24. The summed E-state index contributed by atoms with van der Waals surface area (Å²) in [7, 11) is 0. The molecule has 0 aromatic carbocycles. The maximum Gasteiger partial charge on any atom is 0.116 e. The third-order valence-corrected chi connectivity index (χ3v) is 13.5. The van der Waals surface area contributed by atoms with Gasteiger partial charge in [-0.05, 0) is 103 Å². The molecule has 4 saturated carbocycles. The van der Waals surface area contributed by atoms with Gasteiger partial charge in [-0.2, -0.15) is 0 Å². The van der Waals surface area contributed by atoms with Crippen molar-refractivity contribution in [1.29, 1.82) is 0 Å². The molecule has 1 heterocycles. The van der Waals surface area contributed by atoms with Crippen molar-refractivity contribution in [2.75, 3.05) is 0 Å². The summed E-state index contributed by atoms with van der Waals surface area (Å²) < 4.78 is 0. The lowest BCUT2D eigenvalue weighted by Gasteiger charge is -2.67. The Morgan fingerprint density at radius 2 is 1.31 bits per heavy atom. The molecule has 8 unspecified atom stereocenters. The molecular formula is C31H46BrNO2. The van der Waals surface area contributed by atoms with Crippen LogP contribution < -0.4 is 0 Å². The molecule has 0 bridgehead atoms. The molecule has 194 valence electrons. The molecule has 1 saturated heterocycles. The van der Waals surface area contributed by atoms with Crippen LogP contribution in [0.5, 0.6) is 0 Å². The maximum absolute atomic E-state index is 11.9. The van der Waals surface area contributed by atoms with Crippen LogP contribution in [0.3, 0.4) is 0 Å². The number of rotatable bonds is 3. The number of aliphatic hydroxyl groups is 2. The summed E-state index contributed by atoms with van der Waals surface area (Å²) in [6.07, 6.45) is 15.7. The third-order valence-electron chi connectivity index (χ3n) is 12.5. The van der Waals surface area contributed by atoms with Crippen LogP contribution in [-0.2, 0) is 0 Å². The van der Waals surface area contributed by atoms with Crippen molar-refractivity contribution >= 4 is 15.9 Å². The zero-order valence-electron chi connectivity index (χ0n) is 22.0. The highest BCUT2D eigenvalue weighted by Gasteiger charge is 2.66. The van der Waals surface area contributed by atoms with E-state index in [4.69, 9.17) is 0 Å². The van der Waals surface area contributed by atoms with Crippen LogP contribution in [0.1, 0.15) is 59.8 Å². The molecule has 1 aliphatic heterocycles. The zero-order chi connectivity index (χ0) is 24.3. The minimum absolute atomic E-state index is 0.154. The predicted molar refractivity (Wildman–Crippen MR) is 143 cm³/mol. The van der Waals surface area contributed by atoms with E-state index in [9.17, 15) is 10.2 Å². The van der Waals surface area contributed by atoms with Gasteiger partial charge in [0.1, 0.15) is 12.5 Å². The first-order valence-corrected chi connectivity index (χ1v) is 15.9. The van der Waals surface area contributed by atoms with Gasteiger partial charge in [-0.3, -0.25) is 0 Å². The molecule has 0 amide bonds. The Balaban J connectivity index is 1.30. The Morgan fingerprint density at radius 1 is 0.686 bits per heavy atom. The minimum Gasteiger partial charge on any atom is -0.378 e. The van der Waals surface area contributed by atoms with E-state index in [-0.39, 0.29) is 17.9 Å². The van der Waals surface area contributed by atoms with Crippen molar-refractivity contribution in [3.63, 3.8) is 0 Å². The quantitative estimate of drug-likeness (QED) is 0.342. The summed E-state index contributed by atoms with van der Waals surface area (Å²) in [6.45, 7) is 9.00.